The summed E-state index contributed by atoms with van der Waals surface area (Å²) in [6.45, 7) is 4.59. The summed E-state index contributed by atoms with van der Waals surface area (Å²) in [5, 5.41) is 0.433. The van der Waals surface area contributed by atoms with Gasteiger partial charge in [-0.15, -0.1) is 0 Å². The van der Waals surface area contributed by atoms with Crippen molar-refractivity contribution in [3.63, 3.8) is 0 Å². The van der Waals surface area contributed by atoms with Gasteiger partial charge < -0.3 is 0 Å². The summed E-state index contributed by atoms with van der Waals surface area (Å²) in [4.78, 5) is 1.69. The molecule has 0 aromatic rings. The zero-order valence-electron chi connectivity index (χ0n) is 6.77. The Bertz CT molecular complexity index is 172. The summed E-state index contributed by atoms with van der Waals surface area (Å²) < 4.78 is 24.7. The van der Waals surface area contributed by atoms with Crippen LogP contribution in [0.1, 0.15) is 12.8 Å². The van der Waals surface area contributed by atoms with Gasteiger partial charge in [-0.1, -0.05) is 18.2 Å². The van der Waals surface area contributed by atoms with Crippen LogP contribution in [0.15, 0.2) is 11.6 Å². The van der Waals surface area contributed by atoms with Crippen LogP contribution in [0.2, 0.25) is 0 Å². The summed E-state index contributed by atoms with van der Waals surface area (Å²) in [5.41, 5.74) is 0. The van der Waals surface area contributed by atoms with Gasteiger partial charge in [0.05, 0.1) is 6.04 Å². The van der Waals surface area contributed by atoms with Gasteiger partial charge in [-0.3, -0.25) is 4.90 Å². The van der Waals surface area contributed by atoms with Crippen molar-refractivity contribution in [1.29, 1.82) is 0 Å². The molecular weight excluding hydrogens is 184 g/mol. The number of rotatable bonds is 3. The Morgan fingerprint density at radius 2 is 2.33 bits per heavy atom. The van der Waals surface area contributed by atoms with Crippen LogP contribution in [0, 0.1) is 0 Å². The molecule has 1 fully saturated rings. The molecule has 0 amide bonds. The molecule has 1 rings (SSSR count). The lowest BCUT2D eigenvalue weighted by molar-refractivity contribution is 0.0522. The maximum Gasteiger partial charge on any atom is 0.253 e. The highest BCUT2D eigenvalue weighted by molar-refractivity contribution is 6.29. The van der Waals surface area contributed by atoms with E-state index in [9.17, 15) is 8.78 Å². The second-order valence-corrected chi connectivity index (χ2v) is 3.57. The quantitative estimate of drug-likeness (QED) is 0.669. The zero-order valence-corrected chi connectivity index (χ0v) is 7.53. The molecule has 0 bridgehead atoms. The van der Waals surface area contributed by atoms with E-state index in [-0.39, 0.29) is 0 Å². The van der Waals surface area contributed by atoms with Gasteiger partial charge in [-0.2, -0.15) is 0 Å². The first-order valence-corrected chi connectivity index (χ1v) is 4.34. The SMILES string of the molecule is C=C(Cl)CN1CCC[C@@H]1C(F)F. The molecule has 0 unspecified atom stereocenters. The van der Waals surface area contributed by atoms with Crippen molar-refractivity contribution >= 4 is 11.6 Å². The van der Waals surface area contributed by atoms with E-state index >= 15 is 0 Å². The maximum absolute atomic E-state index is 12.3. The number of hydrogen-bond donors (Lipinski definition) is 0. The fraction of sp³-hybridized carbons (Fsp3) is 0.750. The fourth-order valence-electron chi connectivity index (χ4n) is 1.55. The van der Waals surface area contributed by atoms with Gasteiger partial charge in [0.15, 0.2) is 0 Å². The summed E-state index contributed by atoms with van der Waals surface area (Å²) in [7, 11) is 0. The smallest absolute Gasteiger partial charge is 0.253 e. The highest BCUT2D eigenvalue weighted by Gasteiger charge is 2.31. The van der Waals surface area contributed by atoms with Crippen LogP contribution in [-0.2, 0) is 0 Å². The second kappa shape index (κ2) is 4.19. The van der Waals surface area contributed by atoms with Gasteiger partial charge in [0.2, 0.25) is 0 Å². The van der Waals surface area contributed by atoms with Gasteiger partial charge >= 0.3 is 0 Å². The summed E-state index contributed by atoms with van der Waals surface area (Å²) in [5.74, 6) is 0. The number of nitrogens with zero attached hydrogens (tertiary/aromatic N) is 1. The van der Waals surface area contributed by atoms with Crippen molar-refractivity contribution in [2.75, 3.05) is 13.1 Å². The Morgan fingerprint density at radius 3 is 2.83 bits per heavy atom. The molecule has 0 N–H and O–H groups in total. The number of likely N-dealkylation sites (tertiary alicyclic amines) is 1. The molecule has 70 valence electrons. The van der Waals surface area contributed by atoms with E-state index in [1.807, 2.05) is 0 Å². The van der Waals surface area contributed by atoms with Crippen molar-refractivity contribution in [2.24, 2.45) is 0 Å². The molecule has 1 aliphatic heterocycles. The molecule has 4 heteroatoms. The summed E-state index contributed by atoms with van der Waals surface area (Å²) in [6.07, 6.45) is -0.857. The van der Waals surface area contributed by atoms with Crippen LogP contribution in [-0.4, -0.2) is 30.5 Å². The Hall–Kier alpha value is -0.150. The molecule has 1 heterocycles. The van der Waals surface area contributed by atoms with E-state index < -0.39 is 12.5 Å². The third-order valence-electron chi connectivity index (χ3n) is 2.08. The molecule has 0 radical (unpaired) electrons. The van der Waals surface area contributed by atoms with Gasteiger partial charge in [-0.25, -0.2) is 8.78 Å². The predicted octanol–water partition coefficient (Wildman–Crippen LogP) is 2.47. The van der Waals surface area contributed by atoms with E-state index in [1.54, 1.807) is 4.90 Å². The summed E-state index contributed by atoms with van der Waals surface area (Å²) in [6, 6.07) is -0.611. The van der Waals surface area contributed by atoms with Crippen molar-refractivity contribution < 1.29 is 8.78 Å². The number of alkyl halides is 2. The third-order valence-corrected chi connectivity index (χ3v) is 2.20. The lowest BCUT2D eigenvalue weighted by atomic mass is 10.2. The monoisotopic (exact) mass is 195 g/mol. The first-order chi connectivity index (χ1) is 5.61. The van der Waals surface area contributed by atoms with E-state index in [0.717, 1.165) is 6.42 Å². The van der Waals surface area contributed by atoms with E-state index in [2.05, 4.69) is 6.58 Å². The molecule has 1 aliphatic rings. The molecule has 1 nitrogen and oxygen atoms in total. The number of hydrogen-bond acceptors (Lipinski definition) is 1. The van der Waals surface area contributed by atoms with Gasteiger partial charge in [0.25, 0.3) is 6.43 Å². The average Bonchev–Trinajstić information content (AvgIpc) is 2.33. The van der Waals surface area contributed by atoms with Crippen LogP contribution in [0.3, 0.4) is 0 Å². The van der Waals surface area contributed by atoms with Crippen LogP contribution in [0.5, 0.6) is 0 Å². The van der Waals surface area contributed by atoms with E-state index in [1.165, 1.54) is 0 Å². The lowest BCUT2D eigenvalue weighted by Crippen LogP contribution is -2.35. The second-order valence-electron chi connectivity index (χ2n) is 3.03. The standard InChI is InChI=1S/C8H12ClF2N/c1-6(9)5-12-4-2-3-7(12)8(10)11/h7-8H,1-5H2/t7-/m1/s1. The predicted molar refractivity (Wildman–Crippen MR) is 45.6 cm³/mol. The number of halogens is 3. The summed E-state index contributed by atoms with van der Waals surface area (Å²) >= 11 is 5.55. The molecule has 1 saturated heterocycles. The lowest BCUT2D eigenvalue weighted by Gasteiger charge is -2.22. The minimum atomic E-state index is -2.26. The average molecular weight is 196 g/mol. The van der Waals surface area contributed by atoms with Gasteiger partial charge in [0.1, 0.15) is 0 Å². The molecular formula is C8H12ClF2N. The Labute approximate surface area is 76.0 Å². The third kappa shape index (κ3) is 2.42. The highest BCUT2D eigenvalue weighted by Crippen LogP contribution is 2.23. The van der Waals surface area contributed by atoms with Crippen LogP contribution >= 0.6 is 11.6 Å². The molecule has 0 aliphatic carbocycles. The first-order valence-electron chi connectivity index (χ1n) is 3.96. The molecule has 0 spiro atoms. The largest absolute Gasteiger partial charge is 0.290 e. The Kier molecular flexibility index (Phi) is 3.47. The topological polar surface area (TPSA) is 3.24 Å². The van der Waals surface area contributed by atoms with Crippen LogP contribution in [0.25, 0.3) is 0 Å². The van der Waals surface area contributed by atoms with E-state index in [0.29, 0.717) is 24.5 Å². The first kappa shape index (κ1) is 9.93. The van der Waals surface area contributed by atoms with Crippen LogP contribution < -0.4 is 0 Å². The fourth-order valence-corrected chi connectivity index (χ4v) is 1.71. The Morgan fingerprint density at radius 1 is 1.67 bits per heavy atom. The van der Waals surface area contributed by atoms with Gasteiger partial charge in [-0.05, 0) is 19.4 Å². The van der Waals surface area contributed by atoms with Crippen molar-refractivity contribution in [2.45, 2.75) is 25.3 Å². The molecule has 0 saturated carbocycles. The van der Waals surface area contributed by atoms with Crippen molar-refractivity contribution in [3.05, 3.63) is 11.6 Å². The highest BCUT2D eigenvalue weighted by atomic mass is 35.5. The maximum atomic E-state index is 12.3. The minimum Gasteiger partial charge on any atom is -0.290 e. The minimum absolute atomic E-state index is 0.385. The van der Waals surface area contributed by atoms with Crippen molar-refractivity contribution in [3.8, 4) is 0 Å². The van der Waals surface area contributed by atoms with Crippen LogP contribution in [0.4, 0.5) is 8.78 Å². The van der Waals surface area contributed by atoms with Crippen molar-refractivity contribution in [1.82, 2.24) is 4.90 Å². The molecule has 0 aromatic heterocycles. The molecule has 1 atom stereocenters. The zero-order chi connectivity index (χ0) is 9.14. The molecule has 0 aromatic carbocycles. The molecule has 12 heavy (non-hydrogen) atoms. The van der Waals surface area contributed by atoms with E-state index in [4.69, 9.17) is 11.6 Å². The normalized spacial score (nSPS) is 25.2. The van der Waals surface area contributed by atoms with Gasteiger partial charge in [0, 0.05) is 11.6 Å². The Balaban J connectivity index is 2.46.